The van der Waals surface area contributed by atoms with E-state index in [4.69, 9.17) is 9.36 Å². The van der Waals surface area contributed by atoms with Crippen LogP contribution < -0.4 is 0 Å². The summed E-state index contributed by atoms with van der Waals surface area (Å²) in [5.74, 6) is 0.404. The maximum absolute atomic E-state index is 10.8. The molecule has 0 spiro atoms. The fraction of sp³-hybridized carbons (Fsp3) is 0.583. The Morgan fingerprint density at radius 1 is 1.47 bits per heavy atom. The molecule has 0 aromatic carbocycles. The van der Waals surface area contributed by atoms with Crippen molar-refractivity contribution in [3.05, 3.63) is 17.0 Å². The first-order chi connectivity index (χ1) is 7.89. The van der Waals surface area contributed by atoms with Crippen LogP contribution in [0.5, 0.6) is 0 Å². The van der Waals surface area contributed by atoms with E-state index in [9.17, 15) is 4.79 Å². The number of aryl methyl sites for hydroxylation is 1. The molecule has 1 aliphatic rings. The van der Waals surface area contributed by atoms with Crippen molar-refractivity contribution in [2.24, 2.45) is 10.6 Å². The summed E-state index contributed by atoms with van der Waals surface area (Å²) >= 11 is 0. The lowest BCUT2D eigenvalue weighted by atomic mass is 9.76. The highest BCUT2D eigenvalue weighted by atomic mass is 16.7. The van der Waals surface area contributed by atoms with Crippen LogP contribution in [-0.2, 0) is 16.1 Å². The Morgan fingerprint density at radius 2 is 2.18 bits per heavy atom. The van der Waals surface area contributed by atoms with Crippen LogP contribution in [-0.4, -0.2) is 16.8 Å². The molecule has 0 aliphatic heterocycles. The molecule has 0 unspecified atom stereocenters. The Bertz CT molecular complexity index is 486. The van der Waals surface area contributed by atoms with Gasteiger partial charge in [0.1, 0.15) is 5.76 Å². The van der Waals surface area contributed by atoms with Crippen LogP contribution in [0.15, 0.2) is 9.68 Å². The molecule has 1 aromatic rings. The molecule has 0 atom stereocenters. The molecule has 1 aromatic heterocycles. The van der Waals surface area contributed by atoms with Gasteiger partial charge in [-0.3, -0.25) is 0 Å². The number of oxime groups is 1. The predicted molar refractivity (Wildman–Crippen MR) is 61.6 cm³/mol. The largest absolute Gasteiger partial charge is 0.360 e. The SMILES string of the molecule is CC(=O)ON=C1CC(C)(C)Cc2onc(C)c21. The monoisotopic (exact) mass is 236 g/mol. The van der Waals surface area contributed by atoms with Crippen molar-refractivity contribution in [3.8, 4) is 0 Å². The quantitative estimate of drug-likeness (QED) is 0.554. The minimum absolute atomic E-state index is 0.0396. The molecular formula is C12H16N2O3. The number of carbonyl (C=O) groups excluding carboxylic acids is 1. The van der Waals surface area contributed by atoms with Gasteiger partial charge in [0.25, 0.3) is 0 Å². The van der Waals surface area contributed by atoms with Crippen LogP contribution in [0.4, 0.5) is 0 Å². The number of nitrogens with zero attached hydrogens (tertiary/aromatic N) is 2. The number of carbonyl (C=O) groups is 1. The summed E-state index contributed by atoms with van der Waals surface area (Å²) in [6.45, 7) is 7.44. The molecule has 1 aliphatic carbocycles. The van der Waals surface area contributed by atoms with Crippen molar-refractivity contribution in [1.82, 2.24) is 5.16 Å². The molecule has 0 saturated carbocycles. The maximum Gasteiger partial charge on any atom is 0.331 e. The van der Waals surface area contributed by atoms with Crippen molar-refractivity contribution < 1.29 is 14.2 Å². The molecule has 17 heavy (non-hydrogen) atoms. The first kappa shape index (κ1) is 11.8. The van der Waals surface area contributed by atoms with E-state index in [1.165, 1.54) is 6.92 Å². The lowest BCUT2D eigenvalue weighted by Crippen LogP contribution is -2.27. The zero-order valence-electron chi connectivity index (χ0n) is 10.5. The Hall–Kier alpha value is -1.65. The number of hydrogen-bond acceptors (Lipinski definition) is 5. The van der Waals surface area contributed by atoms with Gasteiger partial charge >= 0.3 is 5.97 Å². The molecular weight excluding hydrogens is 220 g/mol. The van der Waals surface area contributed by atoms with E-state index in [-0.39, 0.29) is 5.41 Å². The van der Waals surface area contributed by atoms with Gasteiger partial charge in [-0.2, -0.15) is 0 Å². The summed E-state index contributed by atoms with van der Waals surface area (Å²) in [7, 11) is 0. The molecule has 92 valence electrons. The summed E-state index contributed by atoms with van der Waals surface area (Å²) in [6, 6.07) is 0. The van der Waals surface area contributed by atoms with E-state index in [1.54, 1.807) is 0 Å². The van der Waals surface area contributed by atoms with E-state index >= 15 is 0 Å². The van der Waals surface area contributed by atoms with E-state index < -0.39 is 5.97 Å². The third-order valence-electron chi connectivity index (χ3n) is 2.79. The Kier molecular flexibility index (Phi) is 2.77. The van der Waals surface area contributed by atoms with Crippen LogP contribution in [0.3, 0.4) is 0 Å². The molecule has 0 radical (unpaired) electrons. The normalized spacial score (nSPS) is 20.1. The van der Waals surface area contributed by atoms with Crippen molar-refractivity contribution in [1.29, 1.82) is 0 Å². The summed E-state index contributed by atoms with van der Waals surface area (Å²) in [5, 5.41) is 7.86. The van der Waals surface area contributed by atoms with Crippen LogP contribution in [0.2, 0.25) is 0 Å². The number of rotatable bonds is 1. The first-order valence-corrected chi connectivity index (χ1v) is 5.59. The molecule has 5 heteroatoms. The average Bonchev–Trinajstić information content (AvgIpc) is 2.54. The zero-order chi connectivity index (χ0) is 12.6. The second-order valence-corrected chi connectivity index (χ2v) is 5.20. The second kappa shape index (κ2) is 3.98. The molecule has 2 rings (SSSR count). The smallest absolute Gasteiger partial charge is 0.331 e. The van der Waals surface area contributed by atoms with Gasteiger partial charge in [0.2, 0.25) is 0 Å². The fourth-order valence-corrected chi connectivity index (χ4v) is 2.14. The summed E-state index contributed by atoms with van der Waals surface area (Å²) in [5.41, 5.74) is 2.47. The van der Waals surface area contributed by atoms with E-state index in [1.807, 2.05) is 6.92 Å². The molecule has 0 fully saturated rings. The molecule has 5 nitrogen and oxygen atoms in total. The lowest BCUT2D eigenvalue weighted by molar-refractivity contribution is -0.140. The Labute approximate surface area is 99.8 Å². The van der Waals surface area contributed by atoms with E-state index in [0.717, 1.165) is 35.6 Å². The summed E-state index contributed by atoms with van der Waals surface area (Å²) in [4.78, 5) is 15.6. The highest BCUT2D eigenvalue weighted by Gasteiger charge is 2.34. The van der Waals surface area contributed by atoms with Gasteiger partial charge in [-0.15, -0.1) is 0 Å². The number of aromatic nitrogens is 1. The van der Waals surface area contributed by atoms with Gasteiger partial charge in [0.05, 0.1) is 17.0 Å². The third-order valence-corrected chi connectivity index (χ3v) is 2.79. The second-order valence-electron chi connectivity index (χ2n) is 5.20. The highest BCUT2D eigenvalue weighted by Crippen LogP contribution is 2.36. The topological polar surface area (TPSA) is 64.7 Å². The third kappa shape index (κ3) is 2.38. The van der Waals surface area contributed by atoms with Gasteiger partial charge < -0.3 is 9.36 Å². The first-order valence-electron chi connectivity index (χ1n) is 5.59. The number of hydrogen-bond donors (Lipinski definition) is 0. The zero-order valence-corrected chi connectivity index (χ0v) is 10.5. The molecule has 0 amide bonds. The van der Waals surface area contributed by atoms with Crippen LogP contribution in [0.25, 0.3) is 0 Å². The van der Waals surface area contributed by atoms with Crippen molar-refractivity contribution in [2.75, 3.05) is 0 Å². The standard InChI is InChI=1S/C12H16N2O3/c1-7-11-9(14-16-8(2)15)5-12(3,4)6-10(11)17-13-7/h5-6H2,1-4H3. The van der Waals surface area contributed by atoms with E-state index in [2.05, 4.69) is 24.2 Å². The fourth-order valence-electron chi connectivity index (χ4n) is 2.14. The van der Waals surface area contributed by atoms with Gasteiger partial charge in [-0.05, 0) is 18.8 Å². The highest BCUT2D eigenvalue weighted by molar-refractivity contribution is 6.03. The van der Waals surface area contributed by atoms with Gasteiger partial charge in [-0.25, -0.2) is 4.79 Å². The van der Waals surface area contributed by atoms with Crippen LogP contribution >= 0.6 is 0 Å². The molecule has 0 saturated heterocycles. The van der Waals surface area contributed by atoms with Crippen molar-refractivity contribution >= 4 is 11.7 Å². The van der Waals surface area contributed by atoms with Crippen LogP contribution in [0, 0.1) is 12.3 Å². The van der Waals surface area contributed by atoms with Crippen molar-refractivity contribution in [3.63, 3.8) is 0 Å². The molecule has 1 heterocycles. The Morgan fingerprint density at radius 3 is 2.82 bits per heavy atom. The van der Waals surface area contributed by atoms with Gasteiger partial charge in [-0.1, -0.05) is 24.2 Å². The number of fused-ring (bicyclic) bond motifs is 1. The van der Waals surface area contributed by atoms with Gasteiger partial charge in [0.15, 0.2) is 0 Å². The summed E-state index contributed by atoms with van der Waals surface area (Å²) < 4.78 is 5.29. The Balaban J connectivity index is 2.41. The van der Waals surface area contributed by atoms with Crippen molar-refractivity contribution in [2.45, 2.75) is 40.5 Å². The minimum Gasteiger partial charge on any atom is -0.360 e. The average molecular weight is 236 g/mol. The summed E-state index contributed by atoms with van der Waals surface area (Å²) in [6.07, 6.45) is 1.57. The maximum atomic E-state index is 10.8. The molecule has 0 N–H and O–H groups in total. The lowest BCUT2D eigenvalue weighted by Gasteiger charge is -2.28. The molecule has 0 bridgehead atoms. The van der Waals surface area contributed by atoms with Gasteiger partial charge in [0, 0.05) is 13.3 Å². The predicted octanol–water partition coefficient (Wildman–Crippen LogP) is 2.22. The van der Waals surface area contributed by atoms with E-state index in [0.29, 0.717) is 0 Å². The minimum atomic E-state index is -0.420. The van der Waals surface area contributed by atoms with Crippen LogP contribution in [0.1, 0.15) is 44.2 Å².